The Morgan fingerprint density at radius 1 is 1.21 bits per heavy atom. The van der Waals surface area contributed by atoms with Crippen LogP contribution in [0.4, 0.5) is 4.39 Å². The molecule has 0 saturated carbocycles. The van der Waals surface area contributed by atoms with E-state index in [1.54, 1.807) is 12.4 Å². The highest BCUT2D eigenvalue weighted by atomic mass is 19.1. The molecule has 1 aliphatic rings. The molecule has 1 saturated heterocycles. The van der Waals surface area contributed by atoms with Crippen molar-refractivity contribution in [3.05, 3.63) is 65.2 Å². The third-order valence-corrected chi connectivity index (χ3v) is 5.16. The number of amides is 1. The Morgan fingerprint density at radius 3 is 2.64 bits per heavy atom. The Bertz CT molecular complexity index is 963. The lowest BCUT2D eigenvalue weighted by Gasteiger charge is -2.16. The van der Waals surface area contributed by atoms with Crippen molar-refractivity contribution in [1.82, 2.24) is 20.0 Å². The van der Waals surface area contributed by atoms with Gasteiger partial charge in [0.2, 0.25) is 0 Å². The summed E-state index contributed by atoms with van der Waals surface area (Å²) in [4.78, 5) is 23.4. The van der Waals surface area contributed by atoms with E-state index in [0.29, 0.717) is 24.6 Å². The maximum absolute atomic E-state index is 13.0. The van der Waals surface area contributed by atoms with Crippen molar-refractivity contribution >= 4 is 5.91 Å². The number of halogens is 1. The van der Waals surface area contributed by atoms with E-state index in [2.05, 4.69) is 15.1 Å². The van der Waals surface area contributed by atoms with Crippen LogP contribution in [0, 0.1) is 25.6 Å². The van der Waals surface area contributed by atoms with Crippen LogP contribution >= 0.6 is 0 Å². The van der Waals surface area contributed by atoms with Crippen LogP contribution in [0.15, 0.2) is 41.2 Å². The largest absolute Gasteiger partial charge is 0.361 e. The van der Waals surface area contributed by atoms with E-state index < -0.39 is 0 Å². The second-order valence-electron chi connectivity index (χ2n) is 7.21. The molecule has 1 atom stereocenters. The second-order valence-corrected chi connectivity index (χ2v) is 7.21. The van der Waals surface area contributed by atoms with Gasteiger partial charge in [-0.2, -0.15) is 0 Å². The highest BCUT2D eigenvalue weighted by Crippen LogP contribution is 2.25. The molecule has 0 unspecified atom stereocenters. The van der Waals surface area contributed by atoms with Gasteiger partial charge in [-0.05, 0) is 56.9 Å². The molecule has 1 aromatic carbocycles. The zero-order chi connectivity index (χ0) is 19.7. The van der Waals surface area contributed by atoms with Crippen LogP contribution < -0.4 is 0 Å². The fourth-order valence-electron chi connectivity index (χ4n) is 3.69. The summed E-state index contributed by atoms with van der Waals surface area (Å²) in [5.74, 6) is 0.672. The highest BCUT2D eigenvalue weighted by Gasteiger charge is 2.27. The van der Waals surface area contributed by atoms with Crippen LogP contribution in [0.5, 0.6) is 0 Å². The Kier molecular flexibility index (Phi) is 4.90. The summed E-state index contributed by atoms with van der Waals surface area (Å²) in [6.45, 7) is 5.11. The van der Waals surface area contributed by atoms with Gasteiger partial charge in [0.25, 0.3) is 5.91 Å². The number of carbonyl (C=O) groups excluding carboxylic acids is 1. The van der Waals surface area contributed by atoms with Crippen LogP contribution in [0.3, 0.4) is 0 Å². The number of hydrogen-bond acceptors (Lipinski definition) is 5. The lowest BCUT2D eigenvalue weighted by atomic mass is 10.0. The lowest BCUT2D eigenvalue weighted by Crippen LogP contribution is -2.29. The molecule has 1 fully saturated rings. The van der Waals surface area contributed by atoms with Crippen molar-refractivity contribution in [3.8, 4) is 11.3 Å². The summed E-state index contributed by atoms with van der Waals surface area (Å²) in [6, 6.07) is 5.70. The summed E-state index contributed by atoms with van der Waals surface area (Å²) < 4.78 is 18.2. The van der Waals surface area contributed by atoms with E-state index in [-0.39, 0.29) is 11.7 Å². The molecule has 1 amide bonds. The predicted octanol–water partition coefficient (Wildman–Crippen LogP) is 3.59. The third kappa shape index (κ3) is 3.65. The monoisotopic (exact) mass is 380 g/mol. The molecule has 144 valence electrons. The van der Waals surface area contributed by atoms with E-state index in [0.717, 1.165) is 41.2 Å². The first-order valence-electron chi connectivity index (χ1n) is 9.30. The molecule has 3 aromatic rings. The minimum Gasteiger partial charge on any atom is -0.361 e. The first kappa shape index (κ1) is 18.3. The number of aromatic nitrogens is 3. The summed E-state index contributed by atoms with van der Waals surface area (Å²) in [7, 11) is 0. The normalized spacial score (nSPS) is 16.5. The molecular weight excluding hydrogens is 359 g/mol. The topological polar surface area (TPSA) is 72.1 Å². The molecule has 4 rings (SSSR count). The van der Waals surface area contributed by atoms with E-state index in [9.17, 15) is 9.18 Å². The van der Waals surface area contributed by atoms with Gasteiger partial charge in [-0.25, -0.2) is 4.39 Å². The molecular formula is C21H21FN4O2. The first-order valence-corrected chi connectivity index (χ1v) is 9.30. The molecule has 1 aliphatic heterocycles. The van der Waals surface area contributed by atoms with Crippen molar-refractivity contribution in [2.75, 3.05) is 13.1 Å². The molecule has 0 N–H and O–H groups in total. The van der Waals surface area contributed by atoms with Crippen molar-refractivity contribution < 1.29 is 13.7 Å². The zero-order valence-corrected chi connectivity index (χ0v) is 15.9. The second kappa shape index (κ2) is 7.50. The molecule has 0 spiro atoms. The number of carbonyl (C=O) groups is 1. The van der Waals surface area contributed by atoms with Gasteiger partial charge in [0.05, 0.1) is 28.8 Å². The standard InChI is InChI=1S/C21H21FN4O2/c1-13-20(14(2)28-25-13)19-11-23-18(10-24-19)9-15-7-8-26(12-15)21(27)16-3-5-17(22)6-4-16/h3-6,10-11,15H,7-9,12H2,1-2H3/t15-/m0/s1. The zero-order valence-electron chi connectivity index (χ0n) is 15.9. The average Bonchev–Trinajstić information content (AvgIpc) is 3.29. The number of likely N-dealkylation sites (tertiary alicyclic amines) is 1. The quantitative estimate of drug-likeness (QED) is 0.692. The number of rotatable bonds is 4. The van der Waals surface area contributed by atoms with E-state index in [1.807, 2.05) is 18.7 Å². The molecule has 2 aromatic heterocycles. The Labute approximate surface area is 162 Å². The maximum Gasteiger partial charge on any atom is 0.253 e. The van der Waals surface area contributed by atoms with E-state index in [1.165, 1.54) is 24.3 Å². The molecule has 0 aliphatic carbocycles. The van der Waals surface area contributed by atoms with Crippen LogP contribution in [0.2, 0.25) is 0 Å². The molecule has 28 heavy (non-hydrogen) atoms. The lowest BCUT2D eigenvalue weighted by molar-refractivity contribution is 0.0787. The third-order valence-electron chi connectivity index (χ3n) is 5.16. The van der Waals surface area contributed by atoms with Gasteiger partial charge in [0, 0.05) is 24.8 Å². The van der Waals surface area contributed by atoms with Gasteiger partial charge in [-0.1, -0.05) is 5.16 Å². The summed E-state index contributed by atoms with van der Waals surface area (Å²) >= 11 is 0. The van der Waals surface area contributed by atoms with Crippen LogP contribution in [0.25, 0.3) is 11.3 Å². The fraction of sp³-hybridized carbons (Fsp3) is 0.333. The number of nitrogens with zero attached hydrogens (tertiary/aromatic N) is 4. The van der Waals surface area contributed by atoms with Gasteiger partial charge >= 0.3 is 0 Å². The van der Waals surface area contributed by atoms with Gasteiger partial charge in [0.15, 0.2) is 0 Å². The smallest absolute Gasteiger partial charge is 0.253 e. The van der Waals surface area contributed by atoms with Gasteiger partial charge in [0.1, 0.15) is 11.6 Å². The Hall–Kier alpha value is -3.09. The highest BCUT2D eigenvalue weighted by molar-refractivity contribution is 5.94. The summed E-state index contributed by atoms with van der Waals surface area (Å²) in [5, 5.41) is 3.95. The molecule has 7 heteroatoms. The fourth-order valence-corrected chi connectivity index (χ4v) is 3.69. The van der Waals surface area contributed by atoms with E-state index in [4.69, 9.17) is 4.52 Å². The van der Waals surface area contributed by atoms with Crippen LogP contribution in [-0.2, 0) is 6.42 Å². The van der Waals surface area contributed by atoms with Gasteiger partial charge in [-0.3, -0.25) is 14.8 Å². The molecule has 0 bridgehead atoms. The molecule has 3 heterocycles. The SMILES string of the molecule is Cc1noc(C)c1-c1cnc(C[C@@H]2CCN(C(=O)c3ccc(F)cc3)C2)cn1. The Balaban J connectivity index is 1.39. The van der Waals surface area contributed by atoms with E-state index >= 15 is 0 Å². The van der Waals surface area contributed by atoms with Gasteiger partial charge < -0.3 is 9.42 Å². The Morgan fingerprint density at radius 2 is 2.00 bits per heavy atom. The minimum absolute atomic E-state index is 0.0534. The van der Waals surface area contributed by atoms with Crippen molar-refractivity contribution in [1.29, 1.82) is 0 Å². The van der Waals surface area contributed by atoms with Crippen LogP contribution in [0.1, 0.15) is 33.9 Å². The van der Waals surface area contributed by atoms with Crippen molar-refractivity contribution in [3.63, 3.8) is 0 Å². The molecule has 6 nitrogen and oxygen atoms in total. The number of aryl methyl sites for hydroxylation is 2. The summed E-state index contributed by atoms with van der Waals surface area (Å²) in [6.07, 6.45) is 5.21. The number of hydrogen-bond donors (Lipinski definition) is 0. The van der Waals surface area contributed by atoms with Crippen molar-refractivity contribution in [2.24, 2.45) is 5.92 Å². The average molecular weight is 380 g/mol. The van der Waals surface area contributed by atoms with Crippen molar-refractivity contribution in [2.45, 2.75) is 26.7 Å². The number of benzene rings is 1. The minimum atomic E-state index is -0.338. The summed E-state index contributed by atoms with van der Waals surface area (Å²) in [5.41, 5.74) is 3.85. The first-order chi connectivity index (χ1) is 13.5. The molecule has 0 radical (unpaired) electrons. The van der Waals surface area contributed by atoms with Crippen LogP contribution in [-0.4, -0.2) is 39.0 Å². The van der Waals surface area contributed by atoms with Gasteiger partial charge in [-0.15, -0.1) is 0 Å². The maximum atomic E-state index is 13.0. The predicted molar refractivity (Wildman–Crippen MR) is 101 cm³/mol.